The van der Waals surface area contributed by atoms with E-state index in [1.807, 2.05) is 0 Å². The Labute approximate surface area is 37.7 Å². The molecule has 1 unspecified atom stereocenters. The summed E-state index contributed by atoms with van der Waals surface area (Å²) >= 11 is 3.29. The highest BCUT2D eigenvalue weighted by Crippen LogP contribution is 2.25. The van der Waals surface area contributed by atoms with E-state index in [0.717, 1.165) is 0 Å². The van der Waals surface area contributed by atoms with Crippen LogP contribution in [0.3, 0.4) is 0 Å². The Kier molecular flexibility index (Phi) is 3.32. The average Bonchev–Trinajstić information content (AvgIpc) is 1.38. The van der Waals surface area contributed by atoms with Crippen molar-refractivity contribution < 1.29 is 8.86 Å². The van der Waals surface area contributed by atoms with Gasteiger partial charge in [0.25, 0.3) is 0 Å². The number of rotatable bonds is 1. The van der Waals surface area contributed by atoms with Gasteiger partial charge in [0.2, 0.25) is 0 Å². The van der Waals surface area contributed by atoms with Crippen LogP contribution in [0.2, 0.25) is 0 Å². The first-order valence-corrected chi connectivity index (χ1v) is 3.04. The lowest BCUT2D eigenvalue weighted by Crippen LogP contribution is -1.58. The van der Waals surface area contributed by atoms with Crippen LogP contribution < -0.4 is 0 Å². The summed E-state index contributed by atoms with van der Waals surface area (Å²) in [5.41, 5.74) is 0. The molecule has 4 heteroatoms. The standard InChI is InChI=1S/CH5O2PS/c1-4(2)3-5/h2,5H,1H3. The van der Waals surface area contributed by atoms with Crippen molar-refractivity contribution in [1.82, 2.24) is 0 Å². The molecule has 0 fully saturated rings. The van der Waals surface area contributed by atoms with Gasteiger partial charge in [-0.2, -0.15) is 0 Å². The minimum absolute atomic E-state index is 1.23. The summed E-state index contributed by atoms with van der Waals surface area (Å²) in [7, 11) is -1.23. The summed E-state index contributed by atoms with van der Waals surface area (Å²) < 4.78 is 4.06. The van der Waals surface area contributed by atoms with Gasteiger partial charge >= 0.3 is 0 Å². The lowest BCUT2D eigenvalue weighted by molar-refractivity contribution is 0.537. The van der Waals surface area contributed by atoms with Crippen molar-refractivity contribution in [3.63, 3.8) is 0 Å². The monoisotopic (exact) mass is 112 g/mol. The molecular weight excluding hydrogens is 107 g/mol. The van der Waals surface area contributed by atoms with Crippen LogP contribution in [0.25, 0.3) is 0 Å². The first-order chi connectivity index (χ1) is 2.27. The molecule has 1 N–H and O–H groups in total. The molecule has 0 aliphatic rings. The van der Waals surface area contributed by atoms with Crippen LogP contribution >= 0.6 is 21.3 Å². The van der Waals surface area contributed by atoms with E-state index >= 15 is 0 Å². The van der Waals surface area contributed by atoms with Gasteiger partial charge in [-0.1, -0.05) is 0 Å². The molecule has 1 atom stereocenters. The summed E-state index contributed by atoms with van der Waals surface area (Å²) in [5, 5.41) is 0. The molecule has 0 aliphatic heterocycles. The highest BCUT2D eigenvalue weighted by atomic mass is 32.1. The molecule has 0 aromatic heterocycles. The van der Waals surface area contributed by atoms with E-state index in [4.69, 9.17) is 4.89 Å². The smallest absolute Gasteiger partial charge is 0.177 e. The third kappa shape index (κ3) is 4.70. The molecule has 0 saturated heterocycles. The van der Waals surface area contributed by atoms with Gasteiger partial charge in [0.15, 0.2) is 8.38 Å². The van der Waals surface area contributed by atoms with Gasteiger partial charge in [-0.15, -0.1) is 0 Å². The minimum Gasteiger partial charge on any atom is -0.349 e. The molecule has 0 spiro atoms. The van der Waals surface area contributed by atoms with Crippen LogP contribution in [0.15, 0.2) is 0 Å². The van der Waals surface area contributed by atoms with Crippen LogP contribution in [0.5, 0.6) is 0 Å². The number of thiol groups is 1. The molecule has 0 aromatic carbocycles. The Morgan fingerprint density at radius 2 is 2.20 bits per heavy atom. The van der Waals surface area contributed by atoms with Crippen LogP contribution in [0, 0.1) is 0 Å². The van der Waals surface area contributed by atoms with Gasteiger partial charge in [-0.05, 0) is 12.9 Å². The zero-order valence-corrected chi connectivity index (χ0v) is 4.54. The summed E-state index contributed by atoms with van der Waals surface area (Å²) in [5.74, 6) is 0. The van der Waals surface area contributed by atoms with E-state index in [9.17, 15) is 0 Å². The van der Waals surface area contributed by atoms with Crippen LogP contribution in [0.1, 0.15) is 0 Å². The van der Waals surface area contributed by atoms with Crippen molar-refractivity contribution in [3.05, 3.63) is 0 Å². The molecule has 0 aliphatic carbocycles. The molecule has 2 nitrogen and oxygen atoms in total. The lowest BCUT2D eigenvalue weighted by atomic mass is 12.0. The second-order valence-electron chi connectivity index (χ2n) is 0.546. The highest BCUT2D eigenvalue weighted by Gasteiger charge is 1.83. The fourth-order valence-corrected chi connectivity index (χ4v) is 0. The fourth-order valence-electron chi connectivity index (χ4n) is 0. The molecule has 0 aromatic rings. The quantitative estimate of drug-likeness (QED) is 0.298. The minimum atomic E-state index is -1.23. The average molecular weight is 112 g/mol. The second kappa shape index (κ2) is 2.91. The SMILES string of the molecule is CP(O)OS. The van der Waals surface area contributed by atoms with E-state index in [1.54, 1.807) is 6.66 Å². The van der Waals surface area contributed by atoms with Crippen LogP contribution in [-0.2, 0) is 3.97 Å². The maximum Gasteiger partial charge on any atom is 0.177 e. The largest absolute Gasteiger partial charge is 0.349 e. The summed E-state index contributed by atoms with van der Waals surface area (Å²) in [6, 6.07) is 0. The van der Waals surface area contributed by atoms with E-state index in [2.05, 4.69) is 16.9 Å². The summed E-state index contributed by atoms with van der Waals surface area (Å²) in [6.45, 7) is 1.54. The van der Waals surface area contributed by atoms with Gasteiger partial charge in [0.1, 0.15) is 0 Å². The summed E-state index contributed by atoms with van der Waals surface area (Å²) in [4.78, 5) is 8.13. The van der Waals surface area contributed by atoms with Crippen molar-refractivity contribution in [2.75, 3.05) is 6.66 Å². The van der Waals surface area contributed by atoms with Crippen molar-refractivity contribution in [1.29, 1.82) is 0 Å². The molecule has 0 saturated carbocycles. The Hall–Kier alpha value is 0.700. The third-order valence-electron chi connectivity index (χ3n) is 0.118. The van der Waals surface area contributed by atoms with Crippen molar-refractivity contribution in [2.24, 2.45) is 0 Å². The van der Waals surface area contributed by atoms with Gasteiger partial charge in [0, 0.05) is 6.66 Å². The second-order valence-corrected chi connectivity index (χ2v) is 2.13. The topological polar surface area (TPSA) is 29.5 Å². The molecule has 0 radical (unpaired) electrons. The highest BCUT2D eigenvalue weighted by molar-refractivity contribution is 7.80. The number of hydrogen-bond acceptors (Lipinski definition) is 3. The van der Waals surface area contributed by atoms with Crippen LogP contribution in [0.4, 0.5) is 0 Å². The summed E-state index contributed by atoms with van der Waals surface area (Å²) in [6.07, 6.45) is 0. The Balaban J connectivity index is 2.54. The maximum atomic E-state index is 8.13. The molecule has 0 amide bonds. The predicted molar refractivity (Wildman–Crippen MR) is 25.1 cm³/mol. The fraction of sp³-hybridized carbons (Fsp3) is 1.00. The van der Waals surface area contributed by atoms with Crippen LogP contribution in [-0.4, -0.2) is 11.6 Å². The van der Waals surface area contributed by atoms with Crippen molar-refractivity contribution in [3.8, 4) is 0 Å². The zero-order valence-electron chi connectivity index (χ0n) is 2.75. The molecule has 0 heterocycles. The number of hydrogen-bond donors (Lipinski definition) is 2. The van der Waals surface area contributed by atoms with E-state index < -0.39 is 8.38 Å². The van der Waals surface area contributed by atoms with Gasteiger partial charge in [-0.25, -0.2) is 0 Å². The Morgan fingerprint density at radius 3 is 2.20 bits per heavy atom. The lowest BCUT2D eigenvalue weighted by Gasteiger charge is -1.90. The predicted octanol–water partition coefficient (Wildman–Crippen LogP) is 0.782. The van der Waals surface area contributed by atoms with Crippen molar-refractivity contribution >= 4 is 21.3 Å². The van der Waals surface area contributed by atoms with E-state index in [-0.39, 0.29) is 0 Å². The normalized spacial score (nSPS) is 15.0. The molecule has 32 valence electrons. The van der Waals surface area contributed by atoms with E-state index in [1.165, 1.54) is 0 Å². The zero-order chi connectivity index (χ0) is 4.28. The third-order valence-corrected chi connectivity index (χ3v) is 1.06. The molecule has 5 heavy (non-hydrogen) atoms. The Bertz CT molecular complexity index is 23.6. The maximum absolute atomic E-state index is 8.13. The first-order valence-electron chi connectivity index (χ1n) is 1.01. The molecule has 0 rings (SSSR count). The Morgan fingerprint density at radius 1 is 2.00 bits per heavy atom. The van der Waals surface area contributed by atoms with E-state index in [0.29, 0.717) is 0 Å². The van der Waals surface area contributed by atoms with Gasteiger partial charge < -0.3 is 4.89 Å². The molecular formula is CH5O2PS. The van der Waals surface area contributed by atoms with Gasteiger partial charge in [0.05, 0.1) is 0 Å². The van der Waals surface area contributed by atoms with Crippen molar-refractivity contribution in [2.45, 2.75) is 0 Å². The van der Waals surface area contributed by atoms with Gasteiger partial charge in [-0.3, -0.25) is 3.97 Å². The molecule has 0 bridgehead atoms. The first kappa shape index (κ1) is 5.70.